The zero-order chi connectivity index (χ0) is 17.6. The number of halogens is 1. The van der Waals surface area contributed by atoms with Crippen molar-refractivity contribution in [2.24, 2.45) is 0 Å². The fourth-order valence-corrected chi connectivity index (χ4v) is 3.50. The molecule has 1 aliphatic rings. The molecule has 2 aromatic carbocycles. The monoisotopic (exact) mass is 359 g/mol. The summed E-state index contributed by atoms with van der Waals surface area (Å²) in [6.45, 7) is 3.42. The van der Waals surface area contributed by atoms with Gasteiger partial charge in [-0.1, -0.05) is 49.2 Å². The number of aliphatic hydroxyl groups is 1. The van der Waals surface area contributed by atoms with Crippen LogP contribution in [-0.2, 0) is 12.8 Å². The Morgan fingerprint density at radius 2 is 2.16 bits per heavy atom. The van der Waals surface area contributed by atoms with Crippen molar-refractivity contribution in [1.29, 1.82) is 0 Å². The van der Waals surface area contributed by atoms with Crippen LogP contribution in [-0.4, -0.2) is 24.3 Å². The minimum absolute atomic E-state index is 0.149. The van der Waals surface area contributed by atoms with Gasteiger partial charge in [0.2, 0.25) is 0 Å². The van der Waals surface area contributed by atoms with Crippen molar-refractivity contribution >= 4 is 11.6 Å². The largest absolute Gasteiger partial charge is 0.489 e. The summed E-state index contributed by atoms with van der Waals surface area (Å²) in [5, 5.41) is 14.2. The average molecular weight is 360 g/mol. The molecule has 0 amide bonds. The summed E-state index contributed by atoms with van der Waals surface area (Å²) in [6.07, 6.45) is 3.93. The molecule has 0 saturated carbocycles. The van der Waals surface area contributed by atoms with Gasteiger partial charge in [0.05, 0.1) is 6.10 Å². The van der Waals surface area contributed by atoms with Gasteiger partial charge in [-0.3, -0.25) is 0 Å². The molecule has 0 fully saturated rings. The van der Waals surface area contributed by atoms with E-state index in [1.54, 1.807) is 6.07 Å². The van der Waals surface area contributed by atoms with Crippen molar-refractivity contribution in [3.05, 3.63) is 64.2 Å². The molecule has 2 atom stereocenters. The van der Waals surface area contributed by atoms with Crippen LogP contribution >= 0.6 is 11.6 Å². The standard InChI is InChI=1S/C21H26ClNO2/c1-2-4-15-7-10-21-17(11-15)8-9-19(25-21)13-23-14-20(24)16-5-3-6-18(22)12-16/h3,5-7,10-12,19-20,23-24H,2,4,8-9,13-14H2,1H3/t19?,20-/m0/s1. The van der Waals surface area contributed by atoms with E-state index in [1.165, 1.54) is 17.5 Å². The van der Waals surface area contributed by atoms with Crippen LogP contribution in [0.1, 0.15) is 42.6 Å². The number of nitrogens with one attached hydrogen (secondary N) is 1. The topological polar surface area (TPSA) is 41.5 Å². The first-order valence-electron chi connectivity index (χ1n) is 9.08. The van der Waals surface area contributed by atoms with Gasteiger partial charge in [0.15, 0.2) is 0 Å². The van der Waals surface area contributed by atoms with E-state index in [0.717, 1.165) is 37.1 Å². The number of hydrogen-bond donors (Lipinski definition) is 2. The summed E-state index contributed by atoms with van der Waals surface area (Å²) < 4.78 is 6.11. The van der Waals surface area contributed by atoms with Gasteiger partial charge in [0.1, 0.15) is 11.9 Å². The van der Waals surface area contributed by atoms with E-state index in [0.29, 0.717) is 11.6 Å². The molecular weight excluding hydrogens is 334 g/mol. The van der Waals surface area contributed by atoms with Gasteiger partial charge in [0.25, 0.3) is 0 Å². The lowest BCUT2D eigenvalue weighted by Gasteiger charge is -2.27. The summed E-state index contributed by atoms with van der Waals surface area (Å²) in [5.74, 6) is 1.01. The van der Waals surface area contributed by atoms with Gasteiger partial charge in [-0.2, -0.15) is 0 Å². The van der Waals surface area contributed by atoms with Crippen LogP contribution in [0.15, 0.2) is 42.5 Å². The summed E-state index contributed by atoms with van der Waals surface area (Å²) in [5.41, 5.74) is 3.55. The Kier molecular flexibility index (Phi) is 6.35. The molecule has 0 aliphatic carbocycles. The van der Waals surface area contributed by atoms with Crippen LogP contribution < -0.4 is 10.1 Å². The third-order valence-corrected chi connectivity index (χ3v) is 4.87. The highest BCUT2D eigenvalue weighted by molar-refractivity contribution is 6.30. The smallest absolute Gasteiger partial charge is 0.122 e. The van der Waals surface area contributed by atoms with Crippen molar-refractivity contribution < 1.29 is 9.84 Å². The number of aliphatic hydroxyl groups excluding tert-OH is 1. The second-order valence-electron chi connectivity index (χ2n) is 6.70. The van der Waals surface area contributed by atoms with E-state index in [2.05, 4.69) is 30.4 Å². The molecule has 0 bridgehead atoms. The molecule has 25 heavy (non-hydrogen) atoms. The normalized spacial score (nSPS) is 17.6. The molecule has 1 unspecified atom stereocenters. The molecule has 2 N–H and O–H groups in total. The maximum atomic E-state index is 10.3. The predicted octanol–water partition coefficient (Wildman–Crippen LogP) is 4.31. The first-order chi connectivity index (χ1) is 12.2. The second-order valence-corrected chi connectivity index (χ2v) is 7.14. The molecule has 0 aromatic heterocycles. The fourth-order valence-electron chi connectivity index (χ4n) is 3.30. The van der Waals surface area contributed by atoms with E-state index >= 15 is 0 Å². The Morgan fingerprint density at radius 3 is 2.96 bits per heavy atom. The van der Waals surface area contributed by atoms with E-state index in [-0.39, 0.29) is 6.10 Å². The SMILES string of the molecule is CCCc1ccc2c(c1)CCC(CNC[C@H](O)c1cccc(Cl)c1)O2. The molecule has 134 valence electrons. The third kappa shape index (κ3) is 4.97. The number of fused-ring (bicyclic) bond motifs is 1. The number of ether oxygens (including phenoxy) is 1. The highest BCUT2D eigenvalue weighted by atomic mass is 35.5. The maximum absolute atomic E-state index is 10.3. The van der Waals surface area contributed by atoms with E-state index < -0.39 is 6.10 Å². The van der Waals surface area contributed by atoms with Crippen molar-refractivity contribution in [3.8, 4) is 5.75 Å². The molecule has 4 heteroatoms. The van der Waals surface area contributed by atoms with Crippen LogP contribution in [0.5, 0.6) is 5.75 Å². The Bertz CT molecular complexity index is 704. The van der Waals surface area contributed by atoms with E-state index in [4.69, 9.17) is 16.3 Å². The minimum atomic E-state index is -0.564. The van der Waals surface area contributed by atoms with Crippen LogP contribution in [0.25, 0.3) is 0 Å². The van der Waals surface area contributed by atoms with Gasteiger partial charge in [-0.25, -0.2) is 0 Å². The Balaban J connectivity index is 1.48. The minimum Gasteiger partial charge on any atom is -0.489 e. The van der Waals surface area contributed by atoms with Gasteiger partial charge < -0.3 is 15.2 Å². The predicted molar refractivity (Wildman–Crippen MR) is 102 cm³/mol. The molecule has 3 nitrogen and oxygen atoms in total. The van der Waals surface area contributed by atoms with Crippen LogP contribution in [0.3, 0.4) is 0 Å². The molecule has 1 heterocycles. The van der Waals surface area contributed by atoms with Gasteiger partial charge >= 0.3 is 0 Å². The quantitative estimate of drug-likeness (QED) is 0.774. The molecular formula is C21H26ClNO2. The summed E-state index contributed by atoms with van der Waals surface area (Å²) in [6, 6.07) is 13.9. The third-order valence-electron chi connectivity index (χ3n) is 4.64. The summed E-state index contributed by atoms with van der Waals surface area (Å²) in [4.78, 5) is 0. The Morgan fingerprint density at radius 1 is 1.28 bits per heavy atom. The lowest BCUT2D eigenvalue weighted by molar-refractivity contribution is 0.146. The van der Waals surface area contributed by atoms with Crippen LogP contribution in [0, 0.1) is 0 Å². The van der Waals surface area contributed by atoms with Crippen molar-refractivity contribution in [3.63, 3.8) is 0 Å². The van der Waals surface area contributed by atoms with E-state index in [1.807, 2.05) is 18.2 Å². The highest BCUT2D eigenvalue weighted by Gasteiger charge is 2.20. The lowest BCUT2D eigenvalue weighted by Crippen LogP contribution is -2.36. The van der Waals surface area contributed by atoms with E-state index in [9.17, 15) is 5.11 Å². The zero-order valence-electron chi connectivity index (χ0n) is 14.7. The second kappa shape index (κ2) is 8.70. The summed E-state index contributed by atoms with van der Waals surface area (Å²) >= 11 is 5.97. The number of benzene rings is 2. The van der Waals surface area contributed by atoms with Crippen LogP contribution in [0.2, 0.25) is 5.02 Å². The van der Waals surface area contributed by atoms with Crippen LogP contribution in [0.4, 0.5) is 0 Å². The maximum Gasteiger partial charge on any atom is 0.122 e. The highest BCUT2D eigenvalue weighted by Crippen LogP contribution is 2.28. The van der Waals surface area contributed by atoms with Gasteiger partial charge in [0, 0.05) is 18.1 Å². The number of aryl methyl sites for hydroxylation is 2. The number of hydrogen-bond acceptors (Lipinski definition) is 3. The fraction of sp³-hybridized carbons (Fsp3) is 0.429. The Hall–Kier alpha value is -1.55. The first kappa shape index (κ1) is 18.2. The molecule has 0 saturated heterocycles. The molecule has 1 aliphatic heterocycles. The number of rotatable bonds is 7. The van der Waals surface area contributed by atoms with Gasteiger partial charge in [-0.15, -0.1) is 0 Å². The molecule has 0 spiro atoms. The van der Waals surface area contributed by atoms with Crippen molar-refractivity contribution in [2.75, 3.05) is 13.1 Å². The summed E-state index contributed by atoms with van der Waals surface area (Å²) in [7, 11) is 0. The average Bonchev–Trinajstić information content (AvgIpc) is 2.62. The molecule has 3 rings (SSSR count). The first-order valence-corrected chi connectivity index (χ1v) is 9.46. The zero-order valence-corrected chi connectivity index (χ0v) is 15.4. The molecule has 0 radical (unpaired) electrons. The van der Waals surface area contributed by atoms with Gasteiger partial charge in [-0.05, 0) is 54.2 Å². The van der Waals surface area contributed by atoms with Crippen molar-refractivity contribution in [1.82, 2.24) is 5.32 Å². The lowest BCUT2D eigenvalue weighted by atomic mass is 9.98. The van der Waals surface area contributed by atoms with Crippen molar-refractivity contribution in [2.45, 2.75) is 44.8 Å². The molecule has 2 aromatic rings. The Labute approximate surface area is 155 Å².